The van der Waals surface area contributed by atoms with Gasteiger partial charge in [-0.2, -0.15) is 0 Å². The van der Waals surface area contributed by atoms with Crippen LogP contribution in [-0.4, -0.2) is 35.1 Å². The van der Waals surface area contributed by atoms with Crippen LogP contribution in [-0.2, 0) is 5.33 Å². The zero-order valence-corrected chi connectivity index (χ0v) is 12.6. The molecule has 1 saturated carbocycles. The second-order valence-electron chi connectivity index (χ2n) is 4.99. The first kappa shape index (κ1) is 14.5. The molecule has 0 saturated heterocycles. The number of rotatable bonds is 5. The van der Waals surface area contributed by atoms with Crippen LogP contribution in [0.1, 0.15) is 41.6 Å². The Hall–Kier alpha value is -0.870. The first-order valence-corrected chi connectivity index (χ1v) is 7.95. The molecule has 0 unspecified atom stereocenters. The number of nitrogens with zero attached hydrogens (tertiary/aromatic N) is 1. The quantitative estimate of drug-likeness (QED) is 0.845. The van der Waals surface area contributed by atoms with E-state index in [2.05, 4.69) is 15.9 Å². The Kier molecular flexibility index (Phi) is 5.40. The van der Waals surface area contributed by atoms with E-state index in [9.17, 15) is 9.90 Å². The monoisotopic (exact) mass is 325 g/mol. The van der Waals surface area contributed by atoms with Crippen LogP contribution >= 0.6 is 15.9 Å². The third-order valence-corrected chi connectivity index (χ3v) is 4.37. The molecule has 4 heteroatoms. The van der Waals surface area contributed by atoms with Crippen molar-refractivity contribution in [2.75, 3.05) is 13.2 Å². The molecule has 0 spiro atoms. The number of aliphatic hydroxyl groups excluding tert-OH is 1. The molecule has 1 aliphatic carbocycles. The molecule has 1 amide bonds. The molecule has 19 heavy (non-hydrogen) atoms. The van der Waals surface area contributed by atoms with E-state index >= 15 is 0 Å². The van der Waals surface area contributed by atoms with Crippen molar-refractivity contribution in [3.8, 4) is 0 Å². The van der Waals surface area contributed by atoms with Gasteiger partial charge in [-0.1, -0.05) is 40.9 Å². The van der Waals surface area contributed by atoms with Crippen LogP contribution in [0.15, 0.2) is 24.3 Å². The molecule has 0 aliphatic heterocycles. The summed E-state index contributed by atoms with van der Waals surface area (Å²) >= 11 is 3.40. The number of carbonyl (C=O) groups excluding carboxylic acids is 1. The summed E-state index contributed by atoms with van der Waals surface area (Å²) in [6.07, 6.45) is 4.49. The third-order valence-electron chi connectivity index (χ3n) is 3.72. The number of benzene rings is 1. The van der Waals surface area contributed by atoms with Crippen LogP contribution in [0, 0.1) is 0 Å². The number of alkyl halides is 1. The SMILES string of the molecule is O=C(c1ccc(CBr)cc1)N(CCO)C1CCCC1. The van der Waals surface area contributed by atoms with E-state index in [1.54, 1.807) is 0 Å². The summed E-state index contributed by atoms with van der Waals surface area (Å²) < 4.78 is 0. The fraction of sp³-hybridized carbons (Fsp3) is 0.533. The van der Waals surface area contributed by atoms with Gasteiger partial charge in [0.2, 0.25) is 0 Å². The third kappa shape index (κ3) is 3.57. The number of hydrogen-bond donors (Lipinski definition) is 1. The van der Waals surface area contributed by atoms with E-state index in [0.717, 1.165) is 23.7 Å². The lowest BCUT2D eigenvalue weighted by atomic mass is 10.1. The Morgan fingerprint density at radius 1 is 1.26 bits per heavy atom. The number of amides is 1. The average Bonchev–Trinajstić information content (AvgIpc) is 2.98. The molecule has 1 N–H and O–H groups in total. The fourth-order valence-electron chi connectivity index (χ4n) is 2.68. The maximum atomic E-state index is 12.5. The van der Waals surface area contributed by atoms with E-state index in [4.69, 9.17) is 0 Å². The maximum absolute atomic E-state index is 12.5. The highest BCUT2D eigenvalue weighted by Gasteiger charge is 2.26. The van der Waals surface area contributed by atoms with Crippen LogP contribution in [0.3, 0.4) is 0 Å². The highest BCUT2D eigenvalue weighted by atomic mass is 79.9. The van der Waals surface area contributed by atoms with E-state index < -0.39 is 0 Å². The summed E-state index contributed by atoms with van der Waals surface area (Å²) in [4.78, 5) is 14.4. The minimum absolute atomic E-state index is 0.0295. The van der Waals surface area contributed by atoms with Crippen molar-refractivity contribution in [3.63, 3.8) is 0 Å². The van der Waals surface area contributed by atoms with Gasteiger partial charge in [0, 0.05) is 23.5 Å². The second-order valence-corrected chi connectivity index (χ2v) is 5.55. The largest absolute Gasteiger partial charge is 0.395 e. The molecule has 104 valence electrons. The molecule has 1 aromatic carbocycles. The van der Waals surface area contributed by atoms with Crippen LogP contribution in [0.25, 0.3) is 0 Å². The molecule has 1 aliphatic rings. The number of halogens is 1. The molecule has 0 heterocycles. The number of hydrogen-bond acceptors (Lipinski definition) is 2. The van der Waals surface area contributed by atoms with E-state index in [-0.39, 0.29) is 12.5 Å². The first-order valence-electron chi connectivity index (χ1n) is 6.83. The van der Waals surface area contributed by atoms with Gasteiger partial charge in [0.1, 0.15) is 0 Å². The van der Waals surface area contributed by atoms with E-state index in [1.165, 1.54) is 12.8 Å². The summed E-state index contributed by atoms with van der Waals surface area (Å²) in [5.41, 5.74) is 1.87. The Morgan fingerprint density at radius 2 is 1.89 bits per heavy atom. The molecule has 2 rings (SSSR count). The summed E-state index contributed by atoms with van der Waals surface area (Å²) in [6, 6.07) is 7.98. The van der Waals surface area contributed by atoms with Crippen molar-refractivity contribution in [1.29, 1.82) is 0 Å². The van der Waals surface area contributed by atoms with Crippen molar-refractivity contribution >= 4 is 21.8 Å². The van der Waals surface area contributed by atoms with Crippen molar-refractivity contribution in [1.82, 2.24) is 4.90 Å². The smallest absolute Gasteiger partial charge is 0.254 e. The van der Waals surface area contributed by atoms with Gasteiger partial charge in [0.25, 0.3) is 5.91 Å². The Labute approximate surface area is 122 Å². The molecule has 3 nitrogen and oxygen atoms in total. The van der Waals surface area contributed by atoms with Gasteiger partial charge in [0.05, 0.1) is 6.61 Å². The fourth-order valence-corrected chi connectivity index (χ4v) is 3.05. The van der Waals surface area contributed by atoms with Gasteiger partial charge < -0.3 is 10.0 Å². The standard InChI is InChI=1S/C15H20BrNO2/c16-11-12-5-7-13(8-6-12)15(19)17(9-10-18)14-3-1-2-4-14/h5-8,14,18H,1-4,9-11H2. The zero-order chi connectivity index (χ0) is 13.7. The minimum Gasteiger partial charge on any atom is -0.395 e. The van der Waals surface area contributed by atoms with Crippen LogP contribution in [0.4, 0.5) is 0 Å². The zero-order valence-electron chi connectivity index (χ0n) is 11.0. The van der Waals surface area contributed by atoms with Gasteiger partial charge in [0.15, 0.2) is 0 Å². The molecular formula is C15H20BrNO2. The minimum atomic E-state index is 0.0295. The van der Waals surface area contributed by atoms with Gasteiger partial charge in [-0.05, 0) is 30.5 Å². The predicted molar refractivity (Wildman–Crippen MR) is 79.5 cm³/mol. The van der Waals surface area contributed by atoms with Crippen molar-refractivity contribution in [2.24, 2.45) is 0 Å². The summed E-state index contributed by atoms with van der Waals surface area (Å²) in [6.45, 7) is 0.464. The van der Waals surface area contributed by atoms with Crippen molar-refractivity contribution in [3.05, 3.63) is 35.4 Å². The van der Waals surface area contributed by atoms with Crippen LogP contribution in [0.2, 0.25) is 0 Å². The van der Waals surface area contributed by atoms with Crippen molar-refractivity contribution in [2.45, 2.75) is 37.1 Å². The van der Waals surface area contributed by atoms with Gasteiger partial charge in [-0.3, -0.25) is 4.79 Å². The average molecular weight is 326 g/mol. The van der Waals surface area contributed by atoms with Crippen LogP contribution < -0.4 is 0 Å². The number of carbonyl (C=O) groups is 1. The molecule has 1 aromatic rings. The van der Waals surface area contributed by atoms with Crippen LogP contribution in [0.5, 0.6) is 0 Å². The lowest BCUT2D eigenvalue weighted by Gasteiger charge is -2.28. The summed E-state index contributed by atoms with van der Waals surface area (Å²) in [5.74, 6) is 0.0436. The lowest BCUT2D eigenvalue weighted by molar-refractivity contribution is 0.0638. The molecule has 1 fully saturated rings. The molecule has 0 bridgehead atoms. The summed E-state index contributed by atoms with van der Waals surface area (Å²) in [5, 5.41) is 9.97. The Balaban J connectivity index is 2.12. The predicted octanol–water partition coefficient (Wildman–Crippen LogP) is 2.96. The van der Waals surface area contributed by atoms with Crippen molar-refractivity contribution < 1.29 is 9.90 Å². The topological polar surface area (TPSA) is 40.5 Å². The molecule has 0 radical (unpaired) electrons. The molecular weight excluding hydrogens is 306 g/mol. The second kappa shape index (κ2) is 7.06. The molecule has 0 aromatic heterocycles. The van der Waals surface area contributed by atoms with E-state index in [1.807, 2.05) is 29.2 Å². The van der Waals surface area contributed by atoms with E-state index in [0.29, 0.717) is 18.2 Å². The summed E-state index contributed by atoms with van der Waals surface area (Å²) in [7, 11) is 0. The Morgan fingerprint density at radius 3 is 2.42 bits per heavy atom. The highest BCUT2D eigenvalue weighted by Crippen LogP contribution is 2.24. The molecule has 0 atom stereocenters. The Bertz CT molecular complexity index is 413. The van der Waals surface area contributed by atoms with Gasteiger partial charge in [-0.15, -0.1) is 0 Å². The van der Waals surface area contributed by atoms with Gasteiger partial charge >= 0.3 is 0 Å². The normalized spacial score (nSPS) is 15.7. The maximum Gasteiger partial charge on any atom is 0.254 e. The van der Waals surface area contributed by atoms with Gasteiger partial charge in [-0.25, -0.2) is 0 Å². The first-order chi connectivity index (χ1) is 9.26. The highest BCUT2D eigenvalue weighted by molar-refractivity contribution is 9.08. The lowest BCUT2D eigenvalue weighted by Crippen LogP contribution is -2.40. The number of aliphatic hydroxyl groups is 1.